The first-order valence-electron chi connectivity index (χ1n) is 9.90. The molecule has 29 heavy (non-hydrogen) atoms. The molecule has 4 aromatic rings. The topological polar surface area (TPSA) is 57.7 Å². The van der Waals surface area contributed by atoms with Crippen molar-refractivity contribution in [1.29, 1.82) is 0 Å². The second-order valence-electron chi connectivity index (χ2n) is 7.70. The van der Waals surface area contributed by atoms with E-state index in [1.807, 2.05) is 18.3 Å². The van der Waals surface area contributed by atoms with E-state index in [0.29, 0.717) is 10.9 Å². The summed E-state index contributed by atoms with van der Waals surface area (Å²) in [6.07, 6.45) is 7.77. The molecule has 0 atom stereocenters. The predicted molar refractivity (Wildman–Crippen MR) is 120 cm³/mol. The number of piperidine rings is 1. The first-order valence-corrected chi connectivity index (χ1v) is 10.3. The number of aryl methyl sites for hydroxylation is 1. The number of hydrogen-bond donors (Lipinski definition) is 1. The van der Waals surface area contributed by atoms with Gasteiger partial charge in [0.2, 0.25) is 0 Å². The number of halogens is 1. The third-order valence-electron chi connectivity index (χ3n) is 5.98. The average Bonchev–Trinajstić information content (AvgIpc) is 3.22. The lowest BCUT2D eigenvalue weighted by atomic mass is 9.95. The highest BCUT2D eigenvalue weighted by Gasteiger charge is 2.21. The number of anilines is 1. The molecule has 1 fully saturated rings. The first kappa shape index (κ1) is 18.1. The lowest BCUT2D eigenvalue weighted by Gasteiger charge is -2.32. The monoisotopic (exact) mass is 403 g/mol. The molecule has 0 aliphatic carbocycles. The van der Waals surface area contributed by atoms with E-state index in [1.165, 1.54) is 0 Å². The zero-order valence-electron chi connectivity index (χ0n) is 16.3. The van der Waals surface area contributed by atoms with Crippen LogP contribution in [0.25, 0.3) is 32.9 Å². The van der Waals surface area contributed by atoms with Gasteiger partial charge in [0.15, 0.2) is 0 Å². The Balaban J connectivity index is 1.64. The number of aromatic nitrogens is 4. The Bertz CT molecular complexity index is 1220. The molecular formula is C23H22ClN5. The third-order valence-corrected chi connectivity index (χ3v) is 6.29. The Morgan fingerprint density at radius 2 is 2.00 bits per heavy atom. The van der Waals surface area contributed by atoms with Crippen LogP contribution < -0.4 is 4.90 Å². The molecule has 1 saturated heterocycles. The number of benzene rings is 2. The smallest absolute Gasteiger partial charge is 0.139 e. The van der Waals surface area contributed by atoms with Crippen molar-refractivity contribution in [2.24, 2.45) is 5.92 Å². The van der Waals surface area contributed by atoms with Gasteiger partial charge in [-0.3, -0.25) is 5.10 Å². The van der Waals surface area contributed by atoms with Crippen LogP contribution in [0.1, 0.15) is 18.4 Å². The molecule has 146 valence electrons. The van der Waals surface area contributed by atoms with E-state index in [0.717, 1.165) is 70.2 Å². The third kappa shape index (κ3) is 3.06. The summed E-state index contributed by atoms with van der Waals surface area (Å²) >= 11 is 6.82. The molecule has 3 heterocycles. The predicted octanol–water partition coefficient (Wildman–Crippen LogP) is 5.54. The summed E-state index contributed by atoms with van der Waals surface area (Å²) in [5.74, 6) is 1.55. The van der Waals surface area contributed by atoms with Crippen molar-refractivity contribution in [3.05, 3.63) is 60.0 Å². The summed E-state index contributed by atoms with van der Waals surface area (Å²) < 4.78 is 0. The minimum Gasteiger partial charge on any atom is -0.356 e. The zero-order chi connectivity index (χ0) is 20.0. The van der Waals surface area contributed by atoms with Crippen molar-refractivity contribution < 1.29 is 0 Å². The second kappa shape index (κ2) is 7.16. The molecular weight excluding hydrogens is 382 g/mol. The van der Waals surface area contributed by atoms with Gasteiger partial charge in [-0.2, -0.15) is 5.10 Å². The summed E-state index contributed by atoms with van der Waals surface area (Å²) in [6.45, 7) is 7.97. The second-order valence-corrected chi connectivity index (χ2v) is 8.10. The van der Waals surface area contributed by atoms with Gasteiger partial charge in [-0.25, -0.2) is 9.97 Å². The largest absolute Gasteiger partial charge is 0.356 e. The van der Waals surface area contributed by atoms with Gasteiger partial charge in [-0.1, -0.05) is 23.7 Å². The van der Waals surface area contributed by atoms with Crippen LogP contribution in [-0.4, -0.2) is 33.3 Å². The maximum atomic E-state index is 6.82. The Morgan fingerprint density at radius 3 is 2.79 bits per heavy atom. The molecule has 0 bridgehead atoms. The van der Waals surface area contributed by atoms with Crippen molar-refractivity contribution in [3.63, 3.8) is 0 Å². The van der Waals surface area contributed by atoms with E-state index < -0.39 is 0 Å². The SMILES string of the molecule is C=CC1CCN(c2ncnc3cc(-c4c(C)ccc5[nH]ncc45)c(Cl)cc23)CC1. The van der Waals surface area contributed by atoms with Crippen molar-refractivity contribution >= 4 is 39.2 Å². The van der Waals surface area contributed by atoms with Crippen LogP contribution in [0.3, 0.4) is 0 Å². The molecule has 5 nitrogen and oxygen atoms in total. The molecule has 1 aliphatic rings. The molecule has 1 aliphatic heterocycles. The van der Waals surface area contributed by atoms with Crippen LogP contribution in [0.15, 0.2) is 49.4 Å². The Kier molecular flexibility index (Phi) is 4.47. The Morgan fingerprint density at radius 1 is 1.17 bits per heavy atom. The summed E-state index contributed by atoms with van der Waals surface area (Å²) in [6, 6.07) is 8.22. The van der Waals surface area contributed by atoms with Crippen molar-refractivity contribution in [3.8, 4) is 11.1 Å². The quantitative estimate of drug-likeness (QED) is 0.456. The summed E-state index contributed by atoms with van der Waals surface area (Å²) in [5.41, 5.74) is 5.12. The van der Waals surface area contributed by atoms with Crippen LogP contribution in [0.4, 0.5) is 5.82 Å². The highest BCUT2D eigenvalue weighted by Crippen LogP contribution is 2.39. The highest BCUT2D eigenvalue weighted by molar-refractivity contribution is 6.35. The molecule has 5 rings (SSSR count). The van der Waals surface area contributed by atoms with Gasteiger partial charge in [0.1, 0.15) is 12.1 Å². The summed E-state index contributed by atoms with van der Waals surface area (Å²) in [5, 5.41) is 10.0. The molecule has 0 spiro atoms. The van der Waals surface area contributed by atoms with Gasteiger partial charge in [0.05, 0.1) is 17.2 Å². The number of fused-ring (bicyclic) bond motifs is 2. The van der Waals surface area contributed by atoms with E-state index in [-0.39, 0.29) is 0 Å². The molecule has 0 radical (unpaired) electrons. The van der Waals surface area contributed by atoms with Crippen LogP contribution in [0.5, 0.6) is 0 Å². The normalized spacial score (nSPS) is 15.3. The number of hydrogen-bond acceptors (Lipinski definition) is 4. The van der Waals surface area contributed by atoms with Crippen LogP contribution in [0, 0.1) is 12.8 Å². The number of allylic oxidation sites excluding steroid dienone is 1. The average molecular weight is 404 g/mol. The molecule has 2 aromatic carbocycles. The Hall–Kier alpha value is -2.92. The first-order chi connectivity index (χ1) is 14.2. The molecule has 0 unspecified atom stereocenters. The molecule has 6 heteroatoms. The minimum absolute atomic E-state index is 0.591. The fraction of sp³-hybridized carbons (Fsp3) is 0.261. The van der Waals surface area contributed by atoms with Gasteiger partial charge in [-0.05, 0) is 55.0 Å². The van der Waals surface area contributed by atoms with E-state index in [2.05, 4.69) is 56.8 Å². The lowest BCUT2D eigenvalue weighted by Crippen LogP contribution is -2.33. The number of nitrogens with one attached hydrogen (secondary N) is 1. The van der Waals surface area contributed by atoms with Crippen molar-refractivity contribution in [2.45, 2.75) is 19.8 Å². The molecule has 2 aromatic heterocycles. The number of nitrogens with zero attached hydrogens (tertiary/aromatic N) is 4. The summed E-state index contributed by atoms with van der Waals surface area (Å²) in [7, 11) is 0. The minimum atomic E-state index is 0.591. The highest BCUT2D eigenvalue weighted by atomic mass is 35.5. The number of aromatic amines is 1. The van der Waals surface area contributed by atoms with Crippen LogP contribution >= 0.6 is 11.6 Å². The molecule has 0 amide bonds. The molecule has 1 N–H and O–H groups in total. The van der Waals surface area contributed by atoms with Crippen molar-refractivity contribution in [2.75, 3.05) is 18.0 Å². The van der Waals surface area contributed by atoms with E-state index in [4.69, 9.17) is 11.6 Å². The van der Waals surface area contributed by atoms with Gasteiger partial charge in [-0.15, -0.1) is 6.58 Å². The number of rotatable bonds is 3. The summed E-state index contributed by atoms with van der Waals surface area (Å²) in [4.78, 5) is 11.5. The zero-order valence-corrected chi connectivity index (χ0v) is 17.1. The van der Waals surface area contributed by atoms with E-state index in [1.54, 1.807) is 6.33 Å². The maximum Gasteiger partial charge on any atom is 0.139 e. The van der Waals surface area contributed by atoms with Gasteiger partial charge in [0.25, 0.3) is 0 Å². The fourth-order valence-corrected chi connectivity index (χ4v) is 4.60. The van der Waals surface area contributed by atoms with Gasteiger partial charge >= 0.3 is 0 Å². The Labute approximate surface area is 174 Å². The maximum absolute atomic E-state index is 6.82. The van der Waals surface area contributed by atoms with Gasteiger partial charge in [0, 0.05) is 34.4 Å². The van der Waals surface area contributed by atoms with E-state index in [9.17, 15) is 0 Å². The van der Waals surface area contributed by atoms with E-state index >= 15 is 0 Å². The lowest BCUT2D eigenvalue weighted by molar-refractivity contribution is 0.478. The van der Waals surface area contributed by atoms with Crippen molar-refractivity contribution in [1.82, 2.24) is 20.2 Å². The van der Waals surface area contributed by atoms with Gasteiger partial charge < -0.3 is 4.90 Å². The fourth-order valence-electron chi connectivity index (χ4n) is 4.34. The van der Waals surface area contributed by atoms with Crippen LogP contribution in [0.2, 0.25) is 5.02 Å². The molecule has 0 saturated carbocycles. The standard InChI is InChI=1S/C23H22ClN5/c1-3-15-6-8-29(9-7-15)23-17-10-19(24)16(11-21(17)25-13-26-23)22-14(2)4-5-20-18(22)12-27-28-20/h3-5,10-13,15H,1,6-9H2,2H3,(H,27,28). The van der Waals surface area contributed by atoms with Crippen LogP contribution in [-0.2, 0) is 0 Å². The number of H-pyrrole nitrogens is 1.